The summed E-state index contributed by atoms with van der Waals surface area (Å²) in [4.78, 5) is 26.1. The second-order valence-electron chi connectivity index (χ2n) is 6.25. The van der Waals surface area contributed by atoms with Crippen LogP contribution in [0.2, 0.25) is 0 Å². The number of β-lactam (4-membered cyclic amide) rings is 1. The summed E-state index contributed by atoms with van der Waals surface area (Å²) in [6.07, 6.45) is -0.504. The van der Waals surface area contributed by atoms with Crippen LogP contribution in [0.3, 0.4) is 0 Å². The van der Waals surface area contributed by atoms with Crippen LogP contribution >= 0.6 is 0 Å². The fraction of sp³-hybridized carbons (Fsp3) is 0.750. The Morgan fingerprint density at radius 3 is 2.71 bits per heavy atom. The van der Waals surface area contributed by atoms with Gasteiger partial charge in [0.2, 0.25) is 5.60 Å². The number of aliphatic hydroxyl groups is 1. The Bertz CT molecular complexity index is 521. The van der Waals surface area contributed by atoms with Gasteiger partial charge >= 0.3 is 5.97 Å². The first-order valence-corrected chi connectivity index (χ1v) is 7.88. The Morgan fingerprint density at radius 2 is 2.25 bits per heavy atom. The van der Waals surface area contributed by atoms with Gasteiger partial charge in [-0.2, -0.15) is 0 Å². The number of carbonyl (C=O) groups is 2. The van der Waals surface area contributed by atoms with Crippen LogP contribution in [0.4, 0.5) is 0 Å². The molecule has 2 heterocycles. The van der Waals surface area contributed by atoms with E-state index in [9.17, 15) is 14.7 Å². The fourth-order valence-electron chi connectivity index (χ4n) is 3.29. The lowest BCUT2D eigenvalue weighted by Gasteiger charge is -2.55. The summed E-state index contributed by atoms with van der Waals surface area (Å²) >= 11 is 0. The first-order valence-electron chi connectivity index (χ1n) is 7.88. The van der Waals surface area contributed by atoms with Crippen LogP contribution in [0.1, 0.15) is 20.8 Å². The number of amides is 1. The second-order valence-corrected chi connectivity index (χ2v) is 6.25. The summed E-state index contributed by atoms with van der Waals surface area (Å²) in [5.41, 5.74) is -2.07. The van der Waals surface area contributed by atoms with Gasteiger partial charge in [0, 0.05) is 13.7 Å². The van der Waals surface area contributed by atoms with Gasteiger partial charge < -0.3 is 29.0 Å². The van der Waals surface area contributed by atoms with Crippen molar-refractivity contribution in [2.24, 2.45) is 0 Å². The molecule has 8 nitrogen and oxygen atoms in total. The third-order valence-corrected chi connectivity index (χ3v) is 4.23. The topological polar surface area (TPSA) is 94.5 Å². The average Bonchev–Trinajstić information content (AvgIpc) is 2.86. The molecule has 8 heteroatoms. The van der Waals surface area contributed by atoms with E-state index in [1.807, 2.05) is 0 Å². The van der Waals surface area contributed by atoms with Crippen molar-refractivity contribution in [2.45, 2.75) is 50.4 Å². The molecular formula is C16H25NO7. The SMILES string of the molecule is C=CCN1C(=O)[C@@](O)([C@H](OC)C(=O)OCC)[C@@H]1C1COC(C)(C)O1. The molecule has 136 valence electrons. The minimum absolute atomic E-state index is 0.111. The van der Waals surface area contributed by atoms with Crippen molar-refractivity contribution in [1.82, 2.24) is 4.90 Å². The third kappa shape index (κ3) is 2.95. The van der Waals surface area contributed by atoms with Gasteiger partial charge in [-0.25, -0.2) is 4.79 Å². The molecule has 0 saturated carbocycles. The minimum Gasteiger partial charge on any atom is -0.464 e. The molecule has 2 rings (SSSR count). The zero-order valence-corrected chi connectivity index (χ0v) is 14.5. The van der Waals surface area contributed by atoms with Crippen molar-refractivity contribution in [3.63, 3.8) is 0 Å². The molecule has 2 saturated heterocycles. The van der Waals surface area contributed by atoms with E-state index in [2.05, 4.69) is 6.58 Å². The Kier molecular flexibility index (Phi) is 5.34. The van der Waals surface area contributed by atoms with E-state index < -0.39 is 41.5 Å². The quantitative estimate of drug-likeness (QED) is 0.390. The molecule has 2 fully saturated rings. The number of hydrogen-bond donors (Lipinski definition) is 1. The van der Waals surface area contributed by atoms with Crippen LogP contribution in [0.15, 0.2) is 12.7 Å². The van der Waals surface area contributed by atoms with Crippen molar-refractivity contribution < 1.29 is 33.6 Å². The van der Waals surface area contributed by atoms with Gasteiger partial charge in [0.15, 0.2) is 11.9 Å². The molecule has 1 amide bonds. The molecule has 2 aliphatic heterocycles. The molecule has 1 N–H and O–H groups in total. The minimum atomic E-state index is -2.07. The highest BCUT2D eigenvalue weighted by atomic mass is 16.7. The number of nitrogens with zero attached hydrogens (tertiary/aromatic N) is 1. The van der Waals surface area contributed by atoms with Crippen LogP contribution in [0.25, 0.3) is 0 Å². The van der Waals surface area contributed by atoms with E-state index in [0.717, 1.165) is 0 Å². The van der Waals surface area contributed by atoms with Crippen molar-refractivity contribution in [3.05, 3.63) is 12.7 Å². The number of rotatable bonds is 7. The van der Waals surface area contributed by atoms with Gasteiger partial charge in [-0.1, -0.05) is 6.08 Å². The highest BCUT2D eigenvalue weighted by molar-refractivity contribution is 5.99. The summed E-state index contributed by atoms with van der Waals surface area (Å²) < 4.78 is 21.4. The fourth-order valence-corrected chi connectivity index (χ4v) is 3.29. The molecule has 0 aromatic heterocycles. The monoisotopic (exact) mass is 343 g/mol. The van der Waals surface area contributed by atoms with Crippen molar-refractivity contribution in [3.8, 4) is 0 Å². The third-order valence-electron chi connectivity index (χ3n) is 4.23. The second kappa shape index (κ2) is 6.79. The highest BCUT2D eigenvalue weighted by Gasteiger charge is 2.70. The predicted octanol–water partition coefficient (Wildman–Crippen LogP) is -0.156. The van der Waals surface area contributed by atoms with E-state index in [-0.39, 0.29) is 19.8 Å². The largest absolute Gasteiger partial charge is 0.464 e. The van der Waals surface area contributed by atoms with E-state index in [4.69, 9.17) is 18.9 Å². The lowest BCUT2D eigenvalue weighted by Crippen LogP contribution is -2.82. The van der Waals surface area contributed by atoms with Gasteiger partial charge in [-0.05, 0) is 20.8 Å². The molecule has 2 aliphatic rings. The summed E-state index contributed by atoms with van der Waals surface area (Å²) in [5, 5.41) is 11.0. The Morgan fingerprint density at radius 1 is 1.58 bits per heavy atom. The maximum atomic E-state index is 12.6. The van der Waals surface area contributed by atoms with Crippen LogP contribution < -0.4 is 0 Å². The standard InChI is InChI=1S/C16H25NO7/c1-6-8-17-11(10-9-23-15(3,4)24-10)16(20,14(17)19)12(21-5)13(18)22-7-2/h6,10-12,20H,1,7-9H2,2-5H3/t10?,11-,12+,16-/m0/s1. The number of hydrogen-bond acceptors (Lipinski definition) is 7. The van der Waals surface area contributed by atoms with Gasteiger partial charge in [-0.3, -0.25) is 4.79 Å². The van der Waals surface area contributed by atoms with Crippen molar-refractivity contribution in [2.75, 3.05) is 26.9 Å². The van der Waals surface area contributed by atoms with Crippen LogP contribution in [0.5, 0.6) is 0 Å². The van der Waals surface area contributed by atoms with Crippen LogP contribution in [0, 0.1) is 0 Å². The van der Waals surface area contributed by atoms with Gasteiger partial charge in [-0.15, -0.1) is 6.58 Å². The number of carbonyl (C=O) groups excluding carboxylic acids is 2. The molecule has 0 aliphatic carbocycles. The van der Waals surface area contributed by atoms with Crippen LogP contribution in [-0.2, 0) is 28.5 Å². The summed E-state index contributed by atoms with van der Waals surface area (Å²) in [6.45, 7) is 9.23. The van der Waals surface area contributed by atoms with Gasteiger partial charge in [0.25, 0.3) is 5.91 Å². The van der Waals surface area contributed by atoms with Crippen molar-refractivity contribution in [1.29, 1.82) is 0 Å². The first-order chi connectivity index (χ1) is 11.2. The molecule has 24 heavy (non-hydrogen) atoms. The zero-order valence-electron chi connectivity index (χ0n) is 14.5. The molecule has 0 spiro atoms. The highest BCUT2D eigenvalue weighted by Crippen LogP contribution is 2.41. The molecule has 4 atom stereocenters. The lowest BCUT2D eigenvalue weighted by atomic mass is 9.74. The van der Waals surface area contributed by atoms with E-state index >= 15 is 0 Å². The van der Waals surface area contributed by atoms with Gasteiger partial charge in [0.05, 0.1) is 13.2 Å². The van der Waals surface area contributed by atoms with Gasteiger partial charge in [0.1, 0.15) is 12.1 Å². The summed E-state index contributed by atoms with van der Waals surface area (Å²) in [6, 6.07) is -0.806. The molecule has 0 radical (unpaired) electrons. The maximum absolute atomic E-state index is 12.6. The maximum Gasteiger partial charge on any atom is 0.338 e. The van der Waals surface area contributed by atoms with Crippen molar-refractivity contribution >= 4 is 11.9 Å². The first kappa shape index (κ1) is 18.9. The Hall–Kier alpha value is -1.48. The van der Waals surface area contributed by atoms with E-state index in [1.54, 1.807) is 20.8 Å². The normalized spacial score (nSPS) is 33.0. The van der Waals surface area contributed by atoms with Crippen LogP contribution in [-0.4, -0.2) is 78.4 Å². The zero-order chi connectivity index (χ0) is 18.1. The Labute approximate surface area is 141 Å². The molecule has 0 aromatic rings. The molecule has 0 aromatic carbocycles. The Balaban J connectivity index is 2.32. The van der Waals surface area contributed by atoms with E-state index in [0.29, 0.717) is 0 Å². The number of ether oxygens (including phenoxy) is 4. The lowest BCUT2D eigenvalue weighted by molar-refractivity contribution is -0.240. The number of esters is 1. The molecule has 0 bridgehead atoms. The smallest absolute Gasteiger partial charge is 0.338 e. The summed E-state index contributed by atoms with van der Waals surface area (Å²) in [5.74, 6) is -2.26. The number of likely N-dealkylation sites (tertiary alicyclic amines) is 1. The van der Waals surface area contributed by atoms with E-state index in [1.165, 1.54) is 18.1 Å². The number of methoxy groups -OCH3 is 1. The molecule has 1 unspecified atom stereocenters. The average molecular weight is 343 g/mol. The molecular weight excluding hydrogens is 318 g/mol. The predicted molar refractivity (Wildman–Crippen MR) is 83.0 cm³/mol. The summed E-state index contributed by atoms with van der Waals surface area (Å²) in [7, 11) is 1.25.